The number of methoxy groups -OCH3 is 2. The summed E-state index contributed by atoms with van der Waals surface area (Å²) < 4.78 is 9.74. The third-order valence-electron chi connectivity index (χ3n) is 16.9. The Labute approximate surface area is 421 Å². The number of carbonyl (C=O) groups excluding carboxylic acids is 4. The molecule has 2 saturated carbocycles. The molecule has 8 atom stereocenters. The second-order valence-corrected chi connectivity index (χ2v) is 23.0. The molecular weight excluding hydrogens is 893 g/mol. The maximum atomic E-state index is 14.1. The molecule has 0 aromatic heterocycles. The van der Waals surface area contributed by atoms with Gasteiger partial charge in [0.05, 0.1) is 43.7 Å². The number of alkyl carbamates (subject to hydrolysis) is 2. The van der Waals surface area contributed by atoms with E-state index in [1.165, 1.54) is 68.6 Å². The largest absolute Gasteiger partial charge is 0.453 e. The molecule has 2 aromatic rings. The Hall–Kier alpha value is -5.66. The molecule has 1 spiro atoms. The number of aliphatic imine (C=N–C) groups is 2. The van der Waals surface area contributed by atoms with Crippen LogP contribution in [-0.2, 0) is 24.6 Å². The lowest BCUT2D eigenvalue weighted by atomic mass is 9.74. The van der Waals surface area contributed by atoms with Gasteiger partial charge in [0.1, 0.15) is 17.9 Å². The Morgan fingerprint density at radius 2 is 1.55 bits per heavy atom. The number of anilines is 1. The topological polar surface area (TPSA) is 166 Å². The Kier molecular flexibility index (Phi) is 14.5. The molecule has 14 heteroatoms. The summed E-state index contributed by atoms with van der Waals surface area (Å²) in [5.74, 6) is 2.35. The number of ether oxygens (including phenoxy) is 2. The van der Waals surface area contributed by atoms with Crippen molar-refractivity contribution < 1.29 is 28.7 Å². The van der Waals surface area contributed by atoms with Gasteiger partial charge in [-0.25, -0.2) is 9.59 Å². The van der Waals surface area contributed by atoms with Crippen LogP contribution in [0.4, 0.5) is 15.3 Å². The van der Waals surface area contributed by atoms with Crippen molar-refractivity contribution in [1.82, 2.24) is 25.8 Å². The van der Waals surface area contributed by atoms with Crippen molar-refractivity contribution >= 4 is 46.9 Å². The number of allylic oxidation sites excluding steroid dienone is 4. The van der Waals surface area contributed by atoms with E-state index in [0.717, 1.165) is 55.0 Å². The van der Waals surface area contributed by atoms with Crippen molar-refractivity contribution in [2.75, 3.05) is 32.6 Å². The number of rotatable bonds is 13. The molecule has 3 aliphatic carbocycles. The zero-order valence-corrected chi connectivity index (χ0v) is 43.6. The number of amides is 4. The standard InChI is InChI=1S/C57H78N8O6/c1-33(2)28-46(60-54(68)70-8)52(66)64-26-12-14-39(64)30-48-58-35(5)50(61-48)37-18-16-36(17-19-37)40-21-22-41(43-32-57(31-42(40)43)24-10-11-25-57)38-20-23-44-45(29-38)59-51(63-56(44,6)7)47-15-13-27-65(47)53(67)49(34(3)4)62-55(69)71-9/h16-23,29,33-35,39,41,43,46-47,49-50H,10-15,24-28,30-32H2,1-9H3,(H,58,61)(H,59,63)(H,60,68)(H,62,69)/t35-,39+,41?,43?,46?,47+,49+,50?/m1/s1. The molecule has 4 unspecified atom stereocenters. The number of carbonyl (C=O) groups is 4. The summed E-state index contributed by atoms with van der Waals surface area (Å²) in [7, 11) is 2.65. The van der Waals surface area contributed by atoms with Crippen molar-refractivity contribution in [3.63, 3.8) is 0 Å². The van der Waals surface area contributed by atoms with E-state index in [-0.39, 0.29) is 53.7 Å². The smallest absolute Gasteiger partial charge is 0.407 e. The highest BCUT2D eigenvalue weighted by Crippen LogP contribution is 2.61. The Morgan fingerprint density at radius 1 is 0.859 bits per heavy atom. The molecule has 2 saturated heterocycles. The number of fused-ring (bicyclic) bond motifs is 2. The summed E-state index contributed by atoms with van der Waals surface area (Å²) in [6.07, 6.45) is 15.9. The fourth-order valence-electron chi connectivity index (χ4n) is 13.3. The van der Waals surface area contributed by atoms with E-state index in [1.54, 1.807) is 5.57 Å². The minimum Gasteiger partial charge on any atom is -0.453 e. The average Bonchev–Trinajstić information content (AvgIpc) is 4.21. The number of nitrogens with one attached hydrogen (secondary N) is 4. The van der Waals surface area contributed by atoms with Crippen LogP contribution in [0.1, 0.15) is 160 Å². The fourth-order valence-corrected chi connectivity index (χ4v) is 13.3. The Balaban J connectivity index is 0.924. The molecule has 14 nitrogen and oxygen atoms in total. The molecule has 0 radical (unpaired) electrons. The van der Waals surface area contributed by atoms with Crippen LogP contribution >= 0.6 is 0 Å². The number of hydrogen-bond acceptors (Lipinski definition) is 10. The molecular formula is C57H78N8O6. The van der Waals surface area contributed by atoms with Gasteiger partial charge >= 0.3 is 12.2 Å². The van der Waals surface area contributed by atoms with Gasteiger partial charge in [0, 0.05) is 42.7 Å². The van der Waals surface area contributed by atoms with Crippen LogP contribution in [0.15, 0.2) is 70.2 Å². The zero-order chi connectivity index (χ0) is 50.4. The third kappa shape index (κ3) is 10.2. The molecule has 382 valence electrons. The average molecular weight is 971 g/mol. The van der Waals surface area contributed by atoms with E-state index < -0.39 is 29.8 Å². The monoisotopic (exact) mass is 971 g/mol. The van der Waals surface area contributed by atoms with Gasteiger partial charge in [-0.3, -0.25) is 19.6 Å². The lowest BCUT2D eigenvalue weighted by Crippen LogP contribution is -2.55. The van der Waals surface area contributed by atoms with Gasteiger partial charge in [0.15, 0.2) is 0 Å². The summed E-state index contributed by atoms with van der Waals surface area (Å²) in [5, 5.41) is 13.0. The number of amidine groups is 2. The molecule has 4 fully saturated rings. The fraction of sp³-hybridized carbons (Fsp3) is 0.614. The maximum absolute atomic E-state index is 14.1. The van der Waals surface area contributed by atoms with Gasteiger partial charge in [0.25, 0.3) is 0 Å². The first-order chi connectivity index (χ1) is 34.0. The first-order valence-electron chi connectivity index (χ1n) is 26.6. The highest BCUT2D eigenvalue weighted by molar-refractivity contribution is 6.04. The molecule has 2 aromatic carbocycles. The van der Waals surface area contributed by atoms with Gasteiger partial charge in [-0.2, -0.15) is 0 Å². The lowest BCUT2D eigenvalue weighted by Gasteiger charge is -2.37. The van der Waals surface area contributed by atoms with Crippen LogP contribution < -0.4 is 21.3 Å². The SMILES string of the molecule is COC(=O)NC(CC(C)C)C(=O)N1CCC[C@H]1CC1=NC(c2ccc(C3=C4CC5(CCCC5)CC4C(c4ccc5c(c4)NC([C@@H]4CCCN4C(=O)[C@@H](NC(=O)OC)C(C)C)=NC5(C)C)C=C3)cc2)[C@@H](C)N1. The van der Waals surface area contributed by atoms with Gasteiger partial charge < -0.3 is 40.5 Å². The second kappa shape index (κ2) is 20.5. The quantitative estimate of drug-likeness (QED) is 0.154. The number of nitrogens with zero attached hydrogens (tertiary/aromatic N) is 4. The predicted molar refractivity (Wildman–Crippen MR) is 279 cm³/mol. The van der Waals surface area contributed by atoms with Crippen molar-refractivity contribution in [3.8, 4) is 0 Å². The lowest BCUT2D eigenvalue weighted by molar-refractivity contribution is -0.135. The normalized spacial score (nSPS) is 26.9. The van der Waals surface area contributed by atoms with Crippen LogP contribution in [0.2, 0.25) is 0 Å². The van der Waals surface area contributed by atoms with E-state index in [4.69, 9.17) is 19.5 Å². The van der Waals surface area contributed by atoms with Crippen molar-refractivity contribution in [1.29, 1.82) is 0 Å². The molecule has 0 bridgehead atoms. The summed E-state index contributed by atoms with van der Waals surface area (Å²) in [6.45, 7) is 15.8. The maximum Gasteiger partial charge on any atom is 0.407 e. The van der Waals surface area contributed by atoms with Crippen LogP contribution in [-0.4, -0.2) is 103 Å². The Morgan fingerprint density at radius 3 is 2.25 bits per heavy atom. The highest BCUT2D eigenvalue weighted by Gasteiger charge is 2.48. The summed E-state index contributed by atoms with van der Waals surface area (Å²) in [6, 6.07) is 14.7. The number of benzene rings is 2. The third-order valence-corrected chi connectivity index (χ3v) is 16.9. The summed E-state index contributed by atoms with van der Waals surface area (Å²) in [4.78, 5) is 66.7. The van der Waals surface area contributed by atoms with Gasteiger partial charge in [0.2, 0.25) is 11.8 Å². The van der Waals surface area contributed by atoms with Crippen LogP contribution in [0.25, 0.3) is 5.57 Å². The molecule has 7 aliphatic rings. The van der Waals surface area contributed by atoms with E-state index >= 15 is 0 Å². The highest BCUT2D eigenvalue weighted by atomic mass is 16.5. The van der Waals surface area contributed by atoms with Crippen molar-refractivity contribution in [2.24, 2.45) is 33.2 Å². The molecule has 71 heavy (non-hydrogen) atoms. The number of hydrogen-bond donors (Lipinski definition) is 4. The minimum atomic E-state index is -0.694. The van der Waals surface area contributed by atoms with E-state index in [2.05, 4.69) is 111 Å². The molecule has 4 N–H and O–H groups in total. The summed E-state index contributed by atoms with van der Waals surface area (Å²) >= 11 is 0. The predicted octanol–water partition coefficient (Wildman–Crippen LogP) is 9.78. The Bertz CT molecular complexity index is 2490. The molecule has 4 heterocycles. The van der Waals surface area contributed by atoms with Crippen molar-refractivity contribution in [2.45, 2.75) is 173 Å². The van der Waals surface area contributed by atoms with E-state index in [9.17, 15) is 19.2 Å². The van der Waals surface area contributed by atoms with E-state index in [1.807, 2.05) is 23.6 Å². The molecule has 9 rings (SSSR count). The van der Waals surface area contributed by atoms with E-state index in [0.29, 0.717) is 37.3 Å². The first kappa shape index (κ1) is 50.3. The summed E-state index contributed by atoms with van der Waals surface area (Å²) in [5.41, 5.74) is 8.73. The van der Waals surface area contributed by atoms with Crippen molar-refractivity contribution in [3.05, 3.63) is 82.4 Å². The van der Waals surface area contributed by atoms with Gasteiger partial charge in [-0.05, 0) is 130 Å². The van der Waals surface area contributed by atoms with Gasteiger partial charge in [-0.15, -0.1) is 0 Å². The minimum absolute atomic E-state index is 0.0202. The molecule has 4 amide bonds. The number of likely N-dealkylation sites (tertiary alicyclic amines) is 2. The van der Waals surface area contributed by atoms with Crippen LogP contribution in [0, 0.1) is 23.2 Å². The second-order valence-electron chi connectivity index (χ2n) is 23.0. The van der Waals surface area contributed by atoms with Gasteiger partial charge in [-0.1, -0.05) is 94.7 Å². The first-order valence-corrected chi connectivity index (χ1v) is 26.6. The zero-order valence-electron chi connectivity index (χ0n) is 43.6. The van der Waals surface area contributed by atoms with Crippen LogP contribution in [0.3, 0.4) is 0 Å². The molecule has 4 aliphatic heterocycles. The van der Waals surface area contributed by atoms with Crippen LogP contribution in [0.5, 0.6) is 0 Å².